The molecule has 0 bridgehead atoms. The van der Waals surface area contributed by atoms with Gasteiger partial charge in [-0.3, -0.25) is 0 Å². The van der Waals surface area contributed by atoms with Gasteiger partial charge in [0.1, 0.15) is 5.76 Å². The summed E-state index contributed by atoms with van der Waals surface area (Å²) in [6.45, 7) is 0.0395. The van der Waals surface area contributed by atoms with E-state index in [1.54, 1.807) is 12.1 Å². The number of furan rings is 1. The standard InChI is InChI=1S/C13H13NO5S/c1-18-13(15)10-4-2-6-12(8-10)20(16,17)14-9-11-5-3-7-19-11/h2-8,14H,9H2,1H3. The molecular weight excluding hydrogens is 282 g/mol. The van der Waals surface area contributed by atoms with Crippen LogP contribution in [0.1, 0.15) is 16.1 Å². The van der Waals surface area contributed by atoms with Crippen molar-refractivity contribution < 1.29 is 22.4 Å². The number of methoxy groups -OCH3 is 1. The zero-order valence-electron chi connectivity index (χ0n) is 10.7. The SMILES string of the molecule is COC(=O)c1cccc(S(=O)(=O)NCc2ccco2)c1. The average Bonchev–Trinajstić information content (AvgIpc) is 2.98. The first-order valence-electron chi connectivity index (χ1n) is 5.73. The average molecular weight is 295 g/mol. The van der Waals surface area contributed by atoms with Crippen molar-refractivity contribution in [2.45, 2.75) is 11.4 Å². The summed E-state index contributed by atoms with van der Waals surface area (Å²) in [6.07, 6.45) is 1.46. The molecule has 7 heteroatoms. The van der Waals surface area contributed by atoms with Crippen LogP contribution in [0, 0.1) is 0 Å². The van der Waals surface area contributed by atoms with Crippen LogP contribution in [0.25, 0.3) is 0 Å². The number of hydrogen-bond acceptors (Lipinski definition) is 5. The van der Waals surface area contributed by atoms with Gasteiger partial charge in [0, 0.05) is 0 Å². The largest absolute Gasteiger partial charge is 0.468 e. The number of benzene rings is 1. The Balaban J connectivity index is 2.18. The second-order valence-electron chi connectivity index (χ2n) is 3.92. The lowest BCUT2D eigenvalue weighted by molar-refractivity contribution is 0.0600. The van der Waals surface area contributed by atoms with E-state index in [2.05, 4.69) is 9.46 Å². The number of ether oxygens (including phenoxy) is 1. The van der Waals surface area contributed by atoms with Gasteiger partial charge in [0.15, 0.2) is 0 Å². The first kappa shape index (κ1) is 14.3. The van der Waals surface area contributed by atoms with Crippen LogP contribution in [-0.2, 0) is 21.3 Å². The van der Waals surface area contributed by atoms with Crippen molar-refractivity contribution in [2.75, 3.05) is 7.11 Å². The summed E-state index contributed by atoms with van der Waals surface area (Å²) in [6, 6.07) is 8.95. The molecule has 106 valence electrons. The van der Waals surface area contributed by atoms with Gasteiger partial charge in [-0.1, -0.05) is 6.07 Å². The summed E-state index contributed by atoms with van der Waals surface area (Å²) in [4.78, 5) is 11.4. The monoisotopic (exact) mass is 295 g/mol. The minimum Gasteiger partial charge on any atom is -0.468 e. The second-order valence-corrected chi connectivity index (χ2v) is 5.69. The first-order chi connectivity index (χ1) is 9.53. The maximum Gasteiger partial charge on any atom is 0.337 e. The van der Waals surface area contributed by atoms with E-state index in [4.69, 9.17) is 4.42 Å². The van der Waals surface area contributed by atoms with E-state index in [1.165, 1.54) is 37.6 Å². The lowest BCUT2D eigenvalue weighted by Gasteiger charge is -2.06. The van der Waals surface area contributed by atoms with Gasteiger partial charge >= 0.3 is 5.97 Å². The van der Waals surface area contributed by atoms with Crippen LogP contribution >= 0.6 is 0 Å². The van der Waals surface area contributed by atoms with Crippen LogP contribution in [-0.4, -0.2) is 21.5 Å². The molecule has 1 aromatic carbocycles. The predicted octanol–water partition coefficient (Wildman–Crippen LogP) is 1.54. The minimum absolute atomic E-state index is 0.00745. The molecule has 20 heavy (non-hydrogen) atoms. The number of sulfonamides is 1. The van der Waals surface area contributed by atoms with Gasteiger partial charge in [-0.15, -0.1) is 0 Å². The molecule has 0 amide bonds. The maximum absolute atomic E-state index is 12.1. The summed E-state index contributed by atoms with van der Waals surface area (Å²) >= 11 is 0. The fourth-order valence-corrected chi connectivity index (χ4v) is 2.61. The van der Waals surface area contributed by atoms with Gasteiger partial charge in [-0.05, 0) is 30.3 Å². The molecule has 0 unspecified atom stereocenters. The molecule has 0 radical (unpaired) electrons. The Morgan fingerprint density at radius 2 is 2.10 bits per heavy atom. The molecule has 0 atom stereocenters. The molecule has 0 saturated heterocycles. The van der Waals surface area contributed by atoms with Crippen molar-refractivity contribution in [1.82, 2.24) is 4.72 Å². The Bertz CT molecular complexity index is 691. The van der Waals surface area contributed by atoms with E-state index in [0.29, 0.717) is 5.76 Å². The number of nitrogens with one attached hydrogen (secondary N) is 1. The highest BCUT2D eigenvalue weighted by Gasteiger charge is 2.16. The van der Waals surface area contributed by atoms with E-state index in [-0.39, 0.29) is 17.0 Å². The van der Waals surface area contributed by atoms with Crippen molar-refractivity contribution in [2.24, 2.45) is 0 Å². The maximum atomic E-state index is 12.1. The van der Waals surface area contributed by atoms with E-state index >= 15 is 0 Å². The highest BCUT2D eigenvalue weighted by atomic mass is 32.2. The number of carbonyl (C=O) groups excluding carboxylic acids is 1. The van der Waals surface area contributed by atoms with E-state index in [1.807, 2.05) is 0 Å². The lowest BCUT2D eigenvalue weighted by atomic mass is 10.2. The van der Waals surface area contributed by atoms with Gasteiger partial charge in [-0.25, -0.2) is 17.9 Å². The van der Waals surface area contributed by atoms with Crippen LogP contribution in [0.5, 0.6) is 0 Å². The van der Waals surface area contributed by atoms with Crippen LogP contribution in [0.4, 0.5) is 0 Å². The summed E-state index contributed by atoms with van der Waals surface area (Å²) in [5, 5.41) is 0. The van der Waals surface area contributed by atoms with E-state index < -0.39 is 16.0 Å². The molecule has 2 rings (SSSR count). The van der Waals surface area contributed by atoms with Crippen molar-refractivity contribution in [1.29, 1.82) is 0 Å². The van der Waals surface area contributed by atoms with Crippen LogP contribution in [0.3, 0.4) is 0 Å². The molecule has 0 saturated carbocycles. The van der Waals surface area contributed by atoms with Gasteiger partial charge < -0.3 is 9.15 Å². The molecule has 1 heterocycles. The summed E-state index contributed by atoms with van der Waals surface area (Å²) in [7, 11) is -2.48. The lowest BCUT2D eigenvalue weighted by Crippen LogP contribution is -2.23. The molecule has 0 aliphatic rings. The topological polar surface area (TPSA) is 85.6 Å². The molecular formula is C13H13NO5S. The quantitative estimate of drug-likeness (QED) is 0.846. The Morgan fingerprint density at radius 3 is 2.75 bits per heavy atom. The van der Waals surface area contributed by atoms with Crippen LogP contribution in [0.2, 0.25) is 0 Å². The minimum atomic E-state index is -3.72. The Hall–Kier alpha value is -2.12. The molecule has 0 aliphatic carbocycles. The van der Waals surface area contributed by atoms with Crippen LogP contribution < -0.4 is 4.72 Å². The Labute approximate surface area is 116 Å². The Morgan fingerprint density at radius 1 is 1.30 bits per heavy atom. The van der Waals surface area contributed by atoms with Crippen molar-refractivity contribution in [3.63, 3.8) is 0 Å². The number of carbonyl (C=O) groups is 1. The highest BCUT2D eigenvalue weighted by molar-refractivity contribution is 7.89. The third-order valence-electron chi connectivity index (χ3n) is 2.58. The fourth-order valence-electron chi connectivity index (χ4n) is 1.57. The third-order valence-corrected chi connectivity index (χ3v) is 3.98. The summed E-state index contributed by atoms with van der Waals surface area (Å²) < 4.78 is 36.2. The number of esters is 1. The number of rotatable bonds is 5. The molecule has 1 aromatic heterocycles. The highest BCUT2D eigenvalue weighted by Crippen LogP contribution is 2.13. The molecule has 6 nitrogen and oxygen atoms in total. The summed E-state index contributed by atoms with van der Waals surface area (Å²) in [5.41, 5.74) is 0.174. The van der Waals surface area contributed by atoms with Gasteiger partial charge in [0.2, 0.25) is 10.0 Å². The Kier molecular flexibility index (Phi) is 4.21. The second kappa shape index (κ2) is 5.89. The third kappa shape index (κ3) is 3.25. The molecule has 0 spiro atoms. The molecule has 0 aliphatic heterocycles. The molecule has 1 N–H and O–H groups in total. The summed E-state index contributed by atoms with van der Waals surface area (Å²) in [5.74, 6) is -0.0919. The normalized spacial score (nSPS) is 11.2. The van der Waals surface area contributed by atoms with Gasteiger partial charge in [0.05, 0.1) is 30.4 Å². The van der Waals surface area contributed by atoms with E-state index in [0.717, 1.165) is 0 Å². The zero-order valence-corrected chi connectivity index (χ0v) is 11.5. The van der Waals surface area contributed by atoms with E-state index in [9.17, 15) is 13.2 Å². The predicted molar refractivity (Wildman–Crippen MR) is 70.5 cm³/mol. The van der Waals surface area contributed by atoms with Crippen molar-refractivity contribution >= 4 is 16.0 Å². The van der Waals surface area contributed by atoms with Gasteiger partial charge in [-0.2, -0.15) is 0 Å². The molecule has 0 fully saturated rings. The molecule has 2 aromatic rings. The zero-order chi connectivity index (χ0) is 14.6. The van der Waals surface area contributed by atoms with Crippen LogP contribution in [0.15, 0.2) is 52.0 Å². The van der Waals surface area contributed by atoms with Crippen molar-refractivity contribution in [3.8, 4) is 0 Å². The van der Waals surface area contributed by atoms with Gasteiger partial charge in [0.25, 0.3) is 0 Å². The smallest absolute Gasteiger partial charge is 0.337 e. The first-order valence-corrected chi connectivity index (χ1v) is 7.21. The fraction of sp³-hybridized carbons (Fsp3) is 0.154. The number of hydrogen-bond donors (Lipinski definition) is 1. The van der Waals surface area contributed by atoms with Crippen molar-refractivity contribution in [3.05, 3.63) is 54.0 Å².